The third-order valence-corrected chi connectivity index (χ3v) is 3.55. The van der Waals surface area contributed by atoms with Crippen LogP contribution in [0.5, 0.6) is 0 Å². The van der Waals surface area contributed by atoms with Gasteiger partial charge in [0.05, 0.1) is 12.0 Å². The lowest BCUT2D eigenvalue weighted by Crippen LogP contribution is -2.48. The average Bonchev–Trinajstić information content (AvgIpc) is 3.12. The Labute approximate surface area is 112 Å². The fraction of sp³-hybridized carbons (Fsp3) is 0.846. The highest BCUT2D eigenvalue weighted by Gasteiger charge is 2.37. The van der Waals surface area contributed by atoms with Crippen molar-refractivity contribution < 1.29 is 19.8 Å². The molecule has 19 heavy (non-hydrogen) atoms. The normalized spacial score (nSPS) is 21.6. The summed E-state index contributed by atoms with van der Waals surface area (Å²) in [6.07, 6.45) is 4.09. The third kappa shape index (κ3) is 4.70. The van der Waals surface area contributed by atoms with E-state index in [2.05, 4.69) is 5.32 Å². The Morgan fingerprint density at radius 3 is 2.42 bits per heavy atom. The van der Waals surface area contributed by atoms with E-state index in [0.717, 1.165) is 19.4 Å². The van der Waals surface area contributed by atoms with Crippen LogP contribution in [0.1, 0.15) is 39.0 Å². The first-order valence-corrected chi connectivity index (χ1v) is 6.86. The Morgan fingerprint density at radius 1 is 1.32 bits per heavy atom. The second-order valence-electron chi connectivity index (χ2n) is 6.05. The number of carbonyl (C=O) groups is 2. The first kappa shape index (κ1) is 14.1. The molecule has 3 N–H and O–H groups in total. The van der Waals surface area contributed by atoms with Gasteiger partial charge in [0.15, 0.2) is 0 Å². The van der Waals surface area contributed by atoms with Crippen molar-refractivity contribution in [3.05, 3.63) is 0 Å². The summed E-state index contributed by atoms with van der Waals surface area (Å²) < 4.78 is 0. The highest BCUT2D eigenvalue weighted by atomic mass is 16.4. The molecule has 0 spiro atoms. The largest absolute Gasteiger partial charge is 0.481 e. The molecule has 0 saturated heterocycles. The van der Waals surface area contributed by atoms with Gasteiger partial charge in [0, 0.05) is 19.1 Å². The minimum Gasteiger partial charge on any atom is -0.481 e. The average molecular weight is 270 g/mol. The first-order valence-electron chi connectivity index (χ1n) is 6.86. The number of carboxylic acid groups (broad SMARTS) is 1. The van der Waals surface area contributed by atoms with Gasteiger partial charge in [-0.3, -0.25) is 4.79 Å². The van der Waals surface area contributed by atoms with Crippen LogP contribution in [0.25, 0.3) is 0 Å². The molecule has 1 atom stereocenters. The van der Waals surface area contributed by atoms with Crippen molar-refractivity contribution in [2.45, 2.75) is 50.7 Å². The van der Waals surface area contributed by atoms with Crippen LogP contribution in [0, 0.1) is 5.92 Å². The topological polar surface area (TPSA) is 89.9 Å². The number of aliphatic carboxylic acids is 1. The van der Waals surface area contributed by atoms with E-state index < -0.39 is 11.6 Å². The molecule has 0 heterocycles. The molecule has 0 radical (unpaired) electrons. The fourth-order valence-corrected chi connectivity index (χ4v) is 2.12. The summed E-state index contributed by atoms with van der Waals surface area (Å²) in [4.78, 5) is 24.5. The lowest BCUT2D eigenvalue weighted by Gasteiger charge is -2.26. The van der Waals surface area contributed by atoms with Gasteiger partial charge >= 0.3 is 12.0 Å². The molecule has 0 bridgehead atoms. The molecule has 2 rings (SSSR count). The van der Waals surface area contributed by atoms with E-state index in [4.69, 9.17) is 5.11 Å². The van der Waals surface area contributed by atoms with E-state index >= 15 is 0 Å². The lowest BCUT2D eigenvalue weighted by atomic mass is 10.0. The summed E-state index contributed by atoms with van der Waals surface area (Å²) >= 11 is 0. The highest BCUT2D eigenvalue weighted by Crippen LogP contribution is 2.34. The van der Waals surface area contributed by atoms with E-state index in [-0.39, 0.29) is 19.0 Å². The van der Waals surface area contributed by atoms with Crippen LogP contribution in [0.15, 0.2) is 0 Å². The number of rotatable bonds is 7. The summed E-state index contributed by atoms with van der Waals surface area (Å²) in [7, 11) is 0. The van der Waals surface area contributed by atoms with Crippen molar-refractivity contribution in [1.82, 2.24) is 10.2 Å². The van der Waals surface area contributed by atoms with Gasteiger partial charge in [0.25, 0.3) is 0 Å². The second kappa shape index (κ2) is 5.36. The van der Waals surface area contributed by atoms with Crippen LogP contribution in [0.4, 0.5) is 4.79 Å². The van der Waals surface area contributed by atoms with E-state index in [1.54, 1.807) is 0 Å². The molecule has 2 fully saturated rings. The predicted molar refractivity (Wildman–Crippen MR) is 68.7 cm³/mol. The first-order chi connectivity index (χ1) is 8.87. The number of hydrogen-bond donors (Lipinski definition) is 3. The molecular formula is C13H22N2O4. The summed E-state index contributed by atoms with van der Waals surface area (Å²) in [6.45, 7) is 2.17. The molecular weight excluding hydrogens is 248 g/mol. The zero-order valence-electron chi connectivity index (χ0n) is 11.3. The van der Waals surface area contributed by atoms with E-state index in [9.17, 15) is 14.7 Å². The fourth-order valence-electron chi connectivity index (χ4n) is 2.12. The van der Waals surface area contributed by atoms with Crippen LogP contribution >= 0.6 is 0 Å². The van der Waals surface area contributed by atoms with Crippen LogP contribution in [-0.4, -0.2) is 51.8 Å². The lowest BCUT2D eigenvalue weighted by molar-refractivity contribution is -0.141. The van der Waals surface area contributed by atoms with E-state index in [0.29, 0.717) is 12.0 Å². The quantitative estimate of drug-likeness (QED) is 0.638. The minimum atomic E-state index is -1.41. The second-order valence-corrected chi connectivity index (χ2v) is 6.05. The summed E-state index contributed by atoms with van der Waals surface area (Å²) in [5, 5.41) is 21.2. The number of nitrogens with zero attached hydrogens (tertiary/aromatic N) is 1. The van der Waals surface area contributed by atoms with Crippen molar-refractivity contribution in [1.29, 1.82) is 0 Å². The Hall–Kier alpha value is -1.30. The SMILES string of the molecule is CC(O)(CNC(=O)N(CC1CC1)C1CC1)CC(=O)O. The maximum Gasteiger partial charge on any atom is 0.317 e. The molecule has 108 valence electrons. The van der Waals surface area contributed by atoms with Gasteiger partial charge in [0.2, 0.25) is 0 Å². The van der Waals surface area contributed by atoms with Gasteiger partial charge in [-0.1, -0.05) is 0 Å². The number of nitrogens with one attached hydrogen (secondary N) is 1. The number of amides is 2. The van der Waals surface area contributed by atoms with Gasteiger partial charge in [-0.25, -0.2) is 4.79 Å². The molecule has 2 aliphatic carbocycles. The molecule has 6 heteroatoms. The molecule has 2 amide bonds. The van der Waals surface area contributed by atoms with Crippen LogP contribution in [0.2, 0.25) is 0 Å². The molecule has 0 aliphatic heterocycles. The Kier molecular flexibility index (Phi) is 3.99. The van der Waals surface area contributed by atoms with Gasteiger partial charge in [-0.2, -0.15) is 0 Å². The zero-order valence-corrected chi connectivity index (χ0v) is 11.3. The summed E-state index contributed by atoms with van der Waals surface area (Å²) in [5.74, 6) is -0.442. The molecule has 6 nitrogen and oxygen atoms in total. The van der Waals surface area contributed by atoms with Gasteiger partial charge in [-0.15, -0.1) is 0 Å². The third-order valence-electron chi connectivity index (χ3n) is 3.55. The molecule has 0 aromatic carbocycles. The Morgan fingerprint density at radius 2 is 1.95 bits per heavy atom. The molecule has 0 aromatic rings. The number of carboxylic acids is 1. The standard InChI is InChI=1S/C13H22N2O4/c1-13(19,6-11(16)17)8-14-12(18)15(10-4-5-10)7-9-2-3-9/h9-10,19H,2-8H2,1H3,(H,14,18)(H,16,17). The van der Waals surface area contributed by atoms with Crippen LogP contribution in [0.3, 0.4) is 0 Å². The number of carbonyl (C=O) groups excluding carboxylic acids is 1. The van der Waals surface area contributed by atoms with Gasteiger partial charge in [-0.05, 0) is 38.5 Å². The summed E-state index contributed by atoms with van der Waals surface area (Å²) in [5.41, 5.74) is -1.41. The van der Waals surface area contributed by atoms with Crippen molar-refractivity contribution in [3.63, 3.8) is 0 Å². The molecule has 2 aliphatic rings. The number of hydrogen-bond acceptors (Lipinski definition) is 3. The van der Waals surface area contributed by atoms with Crippen molar-refractivity contribution in [2.75, 3.05) is 13.1 Å². The van der Waals surface area contributed by atoms with Crippen molar-refractivity contribution >= 4 is 12.0 Å². The zero-order chi connectivity index (χ0) is 14.0. The van der Waals surface area contributed by atoms with Crippen molar-refractivity contribution in [2.24, 2.45) is 5.92 Å². The maximum atomic E-state index is 12.1. The van der Waals surface area contributed by atoms with Gasteiger partial charge < -0.3 is 20.4 Å². The van der Waals surface area contributed by atoms with Crippen molar-refractivity contribution in [3.8, 4) is 0 Å². The predicted octanol–water partition coefficient (Wildman–Crippen LogP) is 0.796. The maximum absolute atomic E-state index is 12.1. The molecule has 2 saturated carbocycles. The minimum absolute atomic E-state index is 0.0357. The number of aliphatic hydroxyl groups is 1. The van der Waals surface area contributed by atoms with Gasteiger partial charge in [0.1, 0.15) is 0 Å². The summed E-state index contributed by atoms with van der Waals surface area (Å²) in [6, 6.07) is 0.157. The Balaban J connectivity index is 1.79. The van der Waals surface area contributed by atoms with E-state index in [1.807, 2.05) is 4.90 Å². The monoisotopic (exact) mass is 270 g/mol. The molecule has 0 aromatic heterocycles. The van der Waals surface area contributed by atoms with Crippen LogP contribution < -0.4 is 5.32 Å². The van der Waals surface area contributed by atoms with Crippen LogP contribution in [-0.2, 0) is 4.79 Å². The smallest absolute Gasteiger partial charge is 0.317 e. The highest BCUT2D eigenvalue weighted by molar-refractivity contribution is 5.75. The molecule has 1 unspecified atom stereocenters. The Bertz CT molecular complexity index is 362. The number of urea groups is 1. The van der Waals surface area contributed by atoms with E-state index in [1.165, 1.54) is 19.8 Å².